The van der Waals surface area contributed by atoms with E-state index < -0.39 is 0 Å². The average Bonchev–Trinajstić information content (AvgIpc) is 3.10. The van der Waals surface area contributed by atoms with Crippen molar-refractivity contribution in [2.75, 3.05) is 18.4 Å². The Kier molecular flexibility index (Phi) is 4.46. The third kappa shape index (κ3) is 3.72. The Labute approximate surface area is 115 Å². The fourth-order valence-corrected chi connectivity index (χ4v) is 2.27. The van der Waals surface area contributed by atoms with Crippen LogP contribution in [0.2, 0.25) is 0 Å². The van der Waals surface area contributed by atoms with Gasteiger partial charge >= 0.3 is 0 Å². The second kappa shape index (κ2) is 6.09. The molecule has 19 heavy (non-hydrogen) atoms. The molecule has 0 aromatic heterocycles. The van der Waals surface area contributed by atoms with Crippen LogP contribution in [0.4, 0.5) is 5.69 Å². The SMILES string of the molecule is CCCNc1ccc(C(=O)NCC2CC2C)cc1C. The molecular formula is C16H24N2O. The number of rotatable bonds is 6. The lowest BCUT2D eigenvalue weighted by atomic mass is 10.1. The van der Waals surface area contributed by atoms with Gasteiger partial charge in [-0.05, 0) is 55.4 Å². The molecule has 104 valence electrons. The molecule has 0 spiro atoms. The third-order valence-corrected chi connectivity index (χ3v) is 3.85. The maximum absolute atomic E-state index is 12.0. The van der Waals surface area contributed by atoms with Gasteiger partial charge in [0.2, 0.25) is 0 Å². The van der Waals surface area contributed by atoms with Gasteiger partial charge in [-0.1, -0.05) is 13.8 Å². The highest BCUT2D eigenvalue weighted by Crippen LogP contribution is 2.36. The average molecular weight is 260 g/mol. The van der Waals surface area contributed by atoms with Crippen LogP contribution in [0.15, 0.2) is 18.2 Å². The molecule has 3 nitrogen and oxygen atoms in total. The van der Waals surface area contributed by atoms with Crippen LogP contribution >= 0.6 is 0 Å². The standard InChI is InChI=1S/C16H24N2O/c1-4-7-17-15-6-5-13(9-12(15)3)16(19)18-10-14-8-11(14)2/h5-6,9,11,14,17H,4,7-8,10H2,1-3H3,(H,18,19). The molecule has 1 fully saturated rings. The van der Waals surface area contributed by atoms with Crippen LogP contribution in [-0.2, 0) is 0 Å². The van der Waals surface area contributed by atoms with E-state index >= 15 is 0 Å². The Bertz CT molecular complexity index is 456. The minimum atomic E-state index is 0.0456. The zero-order valence-electron chi connectivity index (χ0n) is 12.1. The van der Waals surface area contributed by atoms with Crippen molar-refractivity contribution in [2.24, 2.45) is 11.8 Å². The smallest absolute Gasteiger partial charge is 0.251 e. The Hall–Kier alpha value is -1.51. The molecule has 1 aromatic rings. The van der Waals surface area contributed by atoms with E-state index in [0.717, 1.165) is 42.2 Å². The molecule has 1 aliphatic rings. The first-order chi connectivity index (χ1) is 9.11. The van der Waals surface area contributed by atoms with E-state index in [1.807, 2.05) is 25.1 Å². The Morgan fingerprint density at radius 1 is 1.42 bits per heavy atom. The second-order valence-corrected chi connectivity index (χ2v) is 5.64. The molecule has 2 rings (SSSR count). The fraction of sp³-hybridized carbons (Fsp3) is 0.562. The summed E-state index contributed by atoms with van der Waals surface area (Å²) in [4.78, 5) is 12.0. The van der Waals surface area contributed by atoms with Crippen molar-refractivity contribution >= 4 is 11.6 Å². The predicted molar refractivity (Wildman–Crippen MR) is 79.6 cm³/mol. The number of nitrogens with one attached hydrogen (secondary N) is 2. The van der Waals surface area contributed by atoms with E-state index in [2.05, 4.69) is 24.5 Å². The summed E-state index contributed by atoms with van der Waals surface area (Å²) < 4.78 is 0. The van der Waals surface area contributed by atoms with Gasteiger partial charge in [0.15, 0.2) is 0 Å². The molecule has 0 radical (unpaired) electrons. The number of aryl methyl sites for hydroxylation is 1. The van der Waals surface area contributed by atoms with E-state index in [1.54, 1.807) is 0 Å². The maximum atomic E-state index is 12.0. The highest BCUT2D eigenvalue weighted by atomic mass is 16.1. The molecule has 0 bridgehead atoms. The van der Waals surface area contributed by atoms with Crippen molar-refractivity contribution in [2.45, 2.75) is 33.6 Å². The molecule has 0 aliphatic heterocycles. The Morgan fingerprint density at radius 2 is 2.16 bits per heavy atom. The Morgan fingerprint density at radius 3 is 2.74 bits per heavy atom. The minimum Gasteiger partial charge on any atom is -0.385 e. The van der Waals surface area contributed by atoms with Gasteiger partial charge in [-0.25, -0.2) is 0 Å². The maximum Gasteiger partial charge on any atom is 0.251 e. The number of anilines is 1. The molecule has 2 atom stereocenters. The molecule has 1 aromatic carbocycles. The molecule has 1 saturated carbocycles. The summed E-state index contributed by atoms with van der Waals surface area (Å²) >= 11 is 0. The molecule has 1 amide bonds. The van der Waals surface area contributed by atoms with Crippen molar-refractivity contribution in [3.63, 3.8) is 0 Å². The van der Waals surface area contributed by atoms with Crippen LogP contribution in [0.1, 0.15) is 42.6 Å². The molecular weight excluding hydrogens is 236 g/mol. The highest BCUT2D eigenvalue weighted by molar-refractivity contribution is 5.94. The van der Waals surface area contributed by atoms with E-state index in [1.165, 1.54) is 6.42 Å². The van der Waals surface area contributed by atoms with Crippen molar-refractivity contribution in [1.82, 2.24) is 5.32 Å². The quantitative estimate of drug-likeness (QED) is 0.824. The second-order valence-electron chi connectivity index (χ2n) is 5.64. The molecule has 1 aliphatic carbocycles. The largest absolute Gasteiger partial charge is 0.385 e. The lowest BCUT2D eigenvalue weighted by Gasteiger charge is -2.10. The minimum absolute atomic E-state index is 0.0456. The number of carbonyl (C=O) groups is 1. The topological polar surface area (TPSA) is 41.1 Å². The first-order valence-electron chi connectivity index (χ1n) is 7.24. The van der Waals surface area contributed by atoms with Gasteiger partial charge in [0.1, 0.15) is 0 Å². The lowest BCUT2D eigenvalue weighted by molar-refractivity contribution is 0.0951. The molecule has 2 N–H and O–H groups in total. The van der Waals surface area contributed by atoms with Crippen LogP contribution in [0.5, 0.6) is 0 Å². The number of hydrogen-bond acceptors (Lipinski definition) is 2. The van der Waals surface area contributed by atoms with Gasteiger partial charge in [-0.3, -0.25) is 4.79 Å². The van der Waals surface area contributed by atoms with Crippen molar-refractivity contribution < 1.29 is 4.79 Å². The van der Waals surface area contributed by atoms with Gasteiger partial charge in [-0.2, -0.15) is 0 Å². The first kappa shape index (κ1) is 13.9. The number of benzene rings is 1. The highest BCUT2D eigenvalue weighted by Gasteiger charge is 2.32. The van der Waals surface area contributed by atoms with E-state index in [4.69, 9.17) is 0 Å². The van der Waals surface area contributed by atoms with Crippen molar-refractivity contribution in [3.05, 3.63) is 29.3 Å². The number of amides is 1. The summed E-state index contributed by atoms with van der Waals surface area (Å²) in [5.74, 6) is 1.52. The van der Waals surface area contributed by atoms with Gasteiger partial charge in [0, 0.05) is 24.3 Å². The van der Waals surface area contributed by atoms with Gasteiger partial charge in [0.05, 0.1) is 0 Å². The number of carbonyl (C=O) groups excluding carboxylic acids is 1. The van der Waals surface area contributed by atoms with E-state index in [9.17, 15) is 4.79 Å². The van der Waals surface area contributed by atoms with Crippen molar-refractivity contribution in [3.8, 4) is 0 Å². The van der Waals surface area contributed by atoms with Crippen LogP contribution in [0.3, 0.4) is 0 Å². The van der Waals surface area contributed by atoms with Gasteiger partial charge < -0.3 is 10.6 Å². The molecule has 3 heteroatoms. The summed E-state index contributed by atoms with van der Waals surface area (Å²) in [5.41, 5.74) is 3.00. The summed E-state index contributed by atoms with van der Waals surface area (Å²) in [6.45, 7) is 8.19. The van der Waals surface area contributed by atoms with Crippen LogP contribution in [-0.4, -0.2) is 19.0 Å². The van der Waals surface area contributed by atoms with Gasteiger partial charge in [0.25, 0.3) is 5.91 Å². The summed E-state index contributed by atoms with van der Waals surface area (Å²) in [6, 6.07) is 5.86. The van der Waals surface area contributed by atoms with E-state index in [0.29, 0.717) is 5.92 Å². The van der Waals surface area contributed by atoms with Crippen molar-refractivity contribution in [1.29, 1.82) is 0 Å². The summed E-state index contributed by atoms with van der Waals surface area (Å²) in [7, 11) is 0. The molecule has 2 unspecified atom stereocenters. The van der Waals surface area contributed by atoms with Crippen LogP contribution in [0.25, 0.3) is 0 Å². The normalized spacial score (nSPS) is 21.0. The third-order valence-electron chi connectivity index (χ3n) is 3.85. The van der Waals surface area contributed by atoms with Crippen LogP contribution < -0.4 is 10.6 Å². The van der Waals surface area contributed by atoms with E-state index in [-0.39, 0.29) is 5.91 Å². The number of hydrogen-bond donors (Lipinski definition) is 2. The zero-order valence-corrected chi connectivity index (χ0v) is 12.1. The fourth-order valence-electron chi connectivity index (χ4n) is 2.27. The summed E-state index contributed by atoms with van der Waals surface area (Å²) in [6.07, 6.45) is 2.35. The molecule has 0 saturated heterocycles. The van der Waals surface area contributed by atoms with Gasteiger partial charge in [-0.15, -0.1) is 0 Å². The lowest BCUT2D eigenvalue weighted by Crippen LogP contribution is -2.26. The Balaban J connectivity index is 1.92. The molecule has 0 heterocycles. The predicted octanol–water partition coefficient (Wildman–Crippen LogP) is 3.20. The summed E-state index contributed by atoms with van der Waals surface area (Å²) in [5, 5.41) is 6.38. The zero-order chi connectivity index (χ0) is 13.8. The monoisotopic (exact) mass is 260 g/mol. The first-order valence-corrected chi connectivity index (χ1v) is 7.24. The van der Waals surface area contributed by atoms with Crippen LogP contribution in [0, 0.1) is 18.8 Å².